The first-order valence-corrected chi connectivity index (χ1v) is 2.84. The van der Waals surface area contributed by atoms with Gasteiger partial charge in [-0.1, -0.05) is 13.3 Å². The molecule has 0 fully saturated rings. The van der Waals surface area contributed by atoms with Crippen LogP contribution in [-0.4, -0.2) is 41.2 Å². The Kier molecular flexibility index (Phi) is 11.7. The molecule has 0 aliphatic rings. The zero-order valence-corrected chi connectivity index (χ0v) is 5.11. The number of halogens is 1. The fourth-order valence-electron chi connectivity index (χ4n) is 0.344. The molecular formula is C5H10ClNaO. The molecule has 0 aromatic heterocycles. The van der Waals surface area contributed by atoms with E-state index in [1.807, 2.05) is 6.92 Å². The zero-order valence-electron chi connectivity index (χ0n) is 4.36. The van der Waals surface area contributed by atoms with E-state index in [4.69, 9.17) is 11.6 Å². The van der Waals surface area contributed by atoms with Crippen LogP contribution in [0.3, 0.4) is 0 Å². The average Bonchev–Trinajstić information content (AvgIpc) is 1.68. The van der Waals surface area contributed by atoms with Crippen LogP contribution >= 0.6 is 11.6 Å². The van der Waals surface area contributed by atoms with Gasteiger partial charge < -0.3 is 4.79 Å². The third-order valence-electron chi connectivity index (χ3n) is 0.712. The van der Waals surface area contributed by atoms with E-state index in [0.29, 0.717) is 0 Å². The van der Waals surface area contributed by atoms with Crippen LogP contribution in [0, 0.1) is 0 Å². The standard InChI is InChI=1S/C5H9ClO.Na.H/c1-2-3-5(6)4-7;;/h4-5H,2-3H2,1H3;;. The van der Waals surface area contributed by atoms with E-state index in [-0.39, 0.29) is 34.9 Å². The molecule has 0 aliphatic heterocycles. The summed E-state index contributed by atoms with van der Waals surface area (Å²) in [6.07, 6.45) is 2.54. The van der Waals surface area contributed by atoms with E-state index in [0.717, 1.165) is 19.1 Å². The quantitative estimate of drug-likeness (QED) is 0.327. The molecule has 0 heterocycles. The van der Waals surface area contributed by atoms with Crippen LogP contribution in [0.15, 0.2) is 0 Å². The first kappa shape index (κ1) is 11.7. The van der Waals surface area contributed by atoms with Gasteiger partial charge in [0.1, 0.15) is 6.29 Å². The van der Waals surface area contributed by atoms with Crippen LogP contribution in [-0.2, 0) is 4.79 Å². The van der Waals surface area contributed by atoms with Gasteiger partial charge in [-0.25, -0.2) is 0 Å². The Morgan fingerprint density at radius 2 is 2.25 bits per heavy atom. The summed E-state index contributed by atoms with van der Waals surface area (Å²) in [5, 5.41) is -0.259. The predicted molar refractivity (Wildman–Crippen MR) is 37.8 cm³/mol. The SMILES string of the molecule is CCCC(Cl)C=O.[NaH]. The normalized spacial score (nSPS) is 11.8. The van der Waals surface area contributed by atoms with Crippen LogP contribution in [0.25, 0.3) is 0 Å². The molecule has 0 amide bonds. The molecule has 1 unspecified atom stereocenters. The van der Waals surface area contributed by atoms with E-state index in [1.165, 1.54) is 0 Å². The fourth-order valence-corrected chi connectivity index (χ4v) is 0.562. The molecule has 1 atom stereocenters. The van der Waals surface area contributed by atoms with E-state index < -0.39 is 0 Å². The van der Waals surface area contributed by atoms with Crippen molar-refractivity contribution in [1.29, 1.82) is 0 Å². The van der Waals surface area contributed by atoms with Crippen LogP contribution in [0.2, 0.25) is 0 Å². The van der Waals surface area contributed by atoms with Gasteiger partial charge in [-0.3, -0.25) is 0 Å². The van der Waals surface area contributed by atoms with Crippen molar-refractivity contribution in [3.8, 4) is 0 Å². The second-order valence-corrected chi connectivity index (χ2v) is 2.00. The van der Waals surface area contributed by atoms with Gasteiger partial charge >= 0.3 is 29.6 Å². The van der Waals surface area contributed by atoms with Crippen molar-refractivity contribution in [2.24, 2.45) is 0 Å². The van der Waals surface area contributed by atoms with E-state index >= 15 is 0 Å². The predicted octanol–water partition coefficient (Wildman–Crippen LogP) is 0.944. The van der Waals surface area contributed by atoms with E-state index in [9.17, 15) is 4.79 Å². The number of carbonyl (C=O) groups is 1. The summed E-state index contributed by atoms with van der Waals surface area (Å²) in [6.45, 7) is 2.00. The Hall–Kier alpha value is 0.960. The maximum atomic E-state index is 9.76. The molecule has 0 N–H and O–H groups in total. The Bertz CT molecular complexity index is 58.4. The summed E-state index contributed by atoms with van der Waals surface area (Å²) >= 11 is 5.40. The third-order valence-corrected chi connectivity index (χ3v) is 1.03. The number of rotatable bonds is 3. The summed E-state index contributed by atoms with van der Waals surface area (Å²) in [5.74, 6) is 0. The molecule has 3 heteroatoms. The molecule has 0 aliphatic carbocycles. The molecule has 0 spiro atoms. The number of aldehydes is 1. The van der Waals surface area contributed by atoms with Gasteiger partial charge in [0.15, 0.2) is 0 Å². The number of carbonyl (C=O) groups excluding carboxylic acids is 1. The Morgan fingerprint density at radius 1 is 1.75 bits per heavy atom. The molecule has 0 aromatic rings. The third kappa shape index (κ3) is 6.96. The van der Waals surface area contributed by atoms with Crippen LogP contribution in [0.4, 0.5) is 0 Å². The second kappa shape index (κ2) is 7.96. The van der Waals surface area contributed by atoms with Crippen molar-refractivity contribution in [2.75, 3.05) is 0 Å². The monoisotopic (exact) mass is 144 g/mol. The molecule has 0 radical (unpaired) electrons. The zero-order chi connectivity index (χ0) is 5.70. The van der Waals surface area contributed by atoms with Gasteiger partial charge in [0.25, 0.3) is 0 Å². The molecule has 0 saturated carbocycles. The topological polar surface area (TPSA) is 17.1 Å². The van der Waals surface area contributed by atoms with Crippen molar-refractivity contribution in [3.05, 3.63) is 0 Å². The van der Waals surface area contributed by atoms with Gasteiger partial charge in [-0.2, -0.15) is 0 Å². The summed E-state index contributed by atoms with van der Waals surface area (Å²) in [7, 11) is 0. The Labute approximate surface area is 77.1 Å². The Morgan fingerprint density at radius 3 is 2.38 bits per heavy atom. The first-order chi connectivity index (χ1) is 3.31. The van der Waals surface area contributed by atoms with E-state index in [1.54, 1.807) is 0 Å². The number of alkyl halides is 1. The summed E-state index contributed by atoms with van der Waals surface area (Å²) in [6, 6.07) is 0. The molecule has 0 saturated heterocycles. The summed E-state index contributed by atoms with van der Waals surface area (Å²) < 4.78 is 0. The minimum atomic E-state index is -0.259. The number of hydrogen-bond donors (Lipinski definition) is 0. The maximum absolute atomic E-state index is 9.76. The Balaban J connectivity index is 0. The summed E-state index contributed by atoms with van der Waals surface area (Å²) in [5.41, 5.74) is 0. The van der Waals surface area contributed by atoms with Gasteiger partial charge in [0.05, 0.1) is 5.38 Å². The van der Waals surface area contributed by atoms with Gasteiger partial charge in [-0.05, 0) is 6.42 Å². The minimum absolute atomic E-state index is 0. The molecule has 8 heavy (non-hydrogen) atoms. The van der Waals surface area contributed by atoms with Crippen molar-refractivity contribution < 1.29 is 4.79 Å². The average molecular weight is 145 g/mol. The van der Waals surface area contributed by atoms with Gasteiger partial charge in [-0.15, -0.1) is 11.6 Å². The van der Waals surface area contributed by atoms with Gasteiger partial charge in [0, 0.05) is 0 Å². The molecule has 0 rings (SSSR count). The van der Waals surface area contributed by atoms with Crippen LogP contribution in [0.5, 0.6) is 0 Å². The van der Waals surface area contributed by atoms with Crippen LogP contribution in [0.1, 0.15) is 19.8 Å². The van der Waals surface area contributed by atoms with Crippen molar-refractivity contribution in [2.45, 2.75) is 25.1 Å². The molecule has 0 bridgehead atoms. The summed E-state index contributed by atoms with van der Waals surface area (Å²) in [4.78, 5) is 9.76. The van der Waals surface area contributed by atoms with E-state index in [2.05, 4.69) is 0 Å². The number of hydrogen-bond acceptors (Lipinski definition) is 1. The molecule has 44 valence electrons. The second-order valence-electron chi connectivity index (χ2n) is 1.44. The molecular weight excluding hydrogens is 134 g/mol. The van der Waals surface area contributed by atoms with Gasteiger partial charge in [0.2, 0.25) is 0 Å². The van der Waals surface area contributed by atoms with Crippen molar-refractivity contribution >= 4 is 47.4 Å². The first-order valence-electron chi connectivity index (χ1n) is 2.40. The van der Waals surface area contributed by atoms with Crippen molar-refractivity contribution in [3.63, 3.8) is 0 Å². The fraction of sp³-hybridized carbons (Fsp3) is 0.800. The van der Waals surface area contributed by atoms with Crippen molar-refractivity contribution in [1.82, 2.24) is 0 Å². The molecule has 1 nitrogen and oxygen atoms in total. The van der Waals surface area contributed by atoms with Crippen LogP contribution < -0.4 is 0 Å². The molecule has 0 aromatic carbocycles.